The molecule has 1 unspecified atom stereocenters. The molecule has 0 aliphatic carbocycles. The average molecular weight is 289 g/mol. The first kappa shape index (κ1) is 15.4. The third-order valence-electron chi connectivity index (χ3n) is 3.59. The van der Waals surface area contributed by atoms with Crippen LogP contribution in [0.25, 0.3) is 0 Å². The van der Waals surface area contributed by atoms with Gasteiger partial charge in [0.05, 0.1) is 26.5 Å². The van der Waals surface area contributed by atoms with Crippen molar-refractivity contribution in [2.45, 2.75) is 32.9 Å². The topological polar surface area (TPSA) is 62.3 Å². The maximum atomic E-state index is 6.45. The Bertz CT molecular complexity index is 620. The largest absolute Gasteiger partial charge is 0.496 e. The number of nitrogens with zero attached hydrogens (tertiary/aromatic N) is 2. The van der Waals surface area contributed by atoms with Gasteiger partial charge in [-0.05, 0) is 38.0 Å². The molecule has 0 saturated carbocycles. The summed E-state index contributed by atoms with van der Waals surface area (Å²) >= 11 is 0. The van der Waals surface area contributed by atoms with Crippen molar-refractivity contribution in [3.63, 3.8) is 0 Å². The molecule has 1 atom stereocenters. The minimum absolute atomic E-state index is 0.210. The Hall–Kier alpha value is -2.01. The second-order valence-electron chi connectivity index (χ2n) is 5.34. The molecule has 2 rings (SSSR count). The Balaban J connectivity index is 2.48. The van der Waals surface area contributed by atoms with Crippen LogP contribution < -0.4 is 15.2 Å². The van der Waals surface area contributed by atoms with Crippen LogP contribution in [0.5, 0.6) is 11.5 Å². The van der Waals surface area contributed by atoms with Crippen molar-refractivity contribution in [3.05, 3.63) is 41.2 Å². The van der Waals surface area contributed by atoms with Crippen LogP contribution in [0.3, 0.4) is 0 Å². The van der Waals surface area contributed by atoms with Gasteiger partial charge in [0.2, 0.25) is 0 Å². The van der Waals surface area contributed by atoms with Crippen LogP contribution in [0.1, 0.15) is 42.8 Å². The van der Waals surface area contributed by atoms with E-state index < -0.39 is 0 Å². The van der Waals surface area contributed by atoms with Crippen molar-refractivity contribution >= 4 is 0 Å². The van der Waals surface area contributed by atoms with Crippen molar-refractivity contribution in [2.75, 3.05) is 14.2 Å². The summed E-state index contributed by atoms with van der Waals surface area (Å²) in [6.45, 7) is 6.14. The van der Waals surface area contributed by atoms with Crippen LogP contribution >= 0.6 is 0 Å². The molecule has 114 valence electrons. The molecule has 2 N–H and O–H groups in total. The van der Waals surface area contributed by atoms with Gasteiger partial charge < -0.3 is 15.2 Å². The van der Waals surface area contributed by atoms with Gasteiger partial charge in [-0.15, -0.1) is 0 Å². The number of rotatable bonds is 5. The Labute approximate surface area is 125 Å². The summed E-state index contributed by atoms with van der Waals surface area (Å²) in [5.74, 6) is 1.54. The van der Waals surface area contributed by atoms with Crippen LogP contribution in [0, 0.1) is 6.92 Å². The highest BCUT2D eigenvalue weighted by Gasteiger charge is 2.22. The zero-order valence-electron chi connectivity index (χ0n) is 13.3. The molecule has 1 aromatic heterocycles. The third kappa shape index (κ3) is 2.88. The van der Waals surface area contributed by atoms with Gasteiger partial charge in [-0.1, -0.05) is 12.1 Å². The zero-order chi connectivity index (χ0) is 15.6. The molecule has 1 aromatic carbocycles. The molecule has 0 amide bonds. The quantitative estimate of drug-likeness (QED) is 0.919. The number of nitrogens with two attached hydrogens (primary N) is 1. The smallest absolute Gasteiger partial charge is 0.161 e. The van der Waals surface area contributed by atoms with Gasteiger partial charge in [0.25, 0.3) is 0 Å². The van der Waals surface area contributed by atoms with Gasteiger partial charge in [0, 0.05) is 6.04 Å². The minimum Gasteiger partial charge on any atom is -0.496 e. The summed E-state index contributed by atoms with van der Waals surface area (Å²) in [6.07, 6.45) is 1.71. The molecule has 5 nitrogen and oxygen atoms in total. The molecule has 1 heterocycles. The van der Waals surface area contributed by atoms with Crippen LogP contribution in [0.4, 0.5) is 0 Å². The lowest BCUT2D eigenvalue weighted by Gasteiger charge is -2.19. The lowest BCUT2D eigenvalue weighted by Crippen LogP contribution is -2.19. The Morgan fingerprint density at radius 1 is 1.14 bits per heavy atom. The molecule has 0 aliphatic heterocycles. The van der Waals surface area contributed by atoms with Crippen molar-refractivity contribution in [2.24, 2.45) is 5.73 Å². The fourth-order valence-corrected chi connectivity index (χ4v) is 2.41. The zero-order valence-corrected chi connectivity index (χ0v) is 13.3. The average Bonchev–Trinajstić information content (AvgIpc) is 2.91. The summed E-state index contributed by atoms with van der Waals surface area (Å²) in [5.41, 5.74) is 9.38. The van der Waals surface area contributed by atoms with Gasteiger partial charge in [-0.25, -0.2) is 0 Å². The minimum atomic E-state index is -0.320. The van der Waals surface area contributed by atoms with E-state index in [2.05, 4.69) is 18.9 Å². The lowest BCUT2D eigenvalue weighted by molar-refractivity contribution is 0.399. The number of aryl methyl sites for hydroxylation is 1. The van der Waals surface area contributed by atoms with Crippen LogP contribution in [0.15, 0.2) is 24.4 Å². The van der Waals surface area contributed by atoms with Gasteiger partial charge in [0.1, 0.15) is 11.4 Å². The predicted molar refractivity (Wildman–Crippen MR) is 82.9 cm³/mol. The highest BCUT2D eigenvalue weighted by Crippen LogP contribution is 2.32. The highest BCUT2D eigenvalue weighted by molar-refractivity contribution is 5.42. The molecule has 0 fully saturated rings. The van der Waals surface area contributed by atoms with Gasteiger partial charge >= 0.3 is 0 Å². The maximum absolute atomic E-state index is 6.45. The molecular weight excluding hydrogens is 266 g/mol. The molecule has 0 bridgehead atoms. The number of methoxy groups -OCH3 is 2. The first-order valence-corrected chi connectivity index (χ1v) is 7.01. The number of hydrogen-bond donors (Lipinski definition) is 1. The second kappa shape index (κ2) is 6.18. The number of aromatic nitrogens is 2. The SMILES string of the molecule is COc1cc(C(N)c2c(OC)cnn2C(C)C)ccc1C. The van der Waals surface area contributed by atoms with E-state index in [0.29, 0.717) is 5.75 Å². The Kier molecular flexibility index (Phi) is 4.53. The van der Waals surface area contributed by atoms with E-state index in [1.165, 1.54) is 0 Å². The fraction of sp³-hybridized carbons (Fsp3) is 0.438. The first-order chi connectivity index (χ1) is 9.99. The van der Waals surface area contributed by atoms with Crippen molar-refractivity contribution in [1.29, 1.82) is 0 Å². The van der Waals surface area contributed by atoms with E-state index in [0.717, 1.165) is 22.6 Å². The lowest BCUT2D eigenvalue weighted by atomic mass is 10.0. The highest BCUT2D eigenvalue weighted by atomic mass is 16.5. The van der Waals surface area contributed by atoms with Crippen LogP contribution in [0.2, 0.25) is 0 Å². The number of ether oxygens (including phenoxy) is 2. The van der Waals surface area contributed by atoms with Gasteiger partial charge in [-0.2, -0.15) is 5.10 Å². The molecule has 0 aliphatic rings. The first-order valence-electron chi connectivity index (χ1n) is 7.01. The van der Waals surface area contributed by atoms with E-state index in [9.17, 15) is 0 Å². The van der Waals surface area contributed by atoms with E-state index in [-0.39, 0.29) is 12.1 Å². The molecule has 0 radical (unpaired) electrons. The van der Waals surface area contributed by atoms with E-state index >= 15 is 0 Å². The molecular formula is C16H23N3O2. The molecule has 2 aromatic rings. The summed E-state index contributed by atoms with van der Waals surface area (Å²) < 4.78 is 12.7. The van der Waals surface area contributed by atoms with Gasteiger partial charge in [0.15, 0.2) is 5.75 Å². The maximum Gasteiger partial charge on any atom is 0.161 e. The summed E-state index contributed by atoms with van der Waals surface area (Å²) in [6, 6.07) is 5.88. The summed E-state index contributed by atoms with van der Waals surface area (Å²) in [7, 11) is 3.30. The van der Waals surface area contributed by atoms with Crippen LogP contribution in [-0.2, 0) is 0 Å². The molecule has 0 spiro atoms. The normalized spacial score (nSPS) is 12.5. The summed E-state index contributed by atoms with van der Waals surface area (Å²) in [4.78, 5) is 0. The van der Waals surface area contributed by atoms with Crippen LogP contribution in [-0.4, -0.2) is 24.0 Å². The molecule has 21 heavy (non-hydrogen) atoms. The molecule has 5 heteroatoms. The van der Waals surface area contributed by atoms with E-state index in [1.807, 2.05) is 29.8 Å². The van der Waals surface area contributed by atoms with Gasteiger partial charge in [-0.3, -0.25) is 4.68 Å². The fourth-order valence-electron chi connectivity index (χ4n) is 2.41. The Morgan fingerprint density at radius 3 is 2.38 bits per heavy atom. The molecule has 0 saturated heterocycles. The third-order valence-corrected chi connectivity index (χ3v) is 3.59. The number of benzene rings is 1. The Morgan fingerprint density at radius 2 is 1.81 bits per heavy atom. The predicted octanol–water partition coefficient (Wildman–Crippen LogP) is 2.84. The van der Waals surface area contributed by atoms with Crippen molar-refractivity contribution in [1.82, 2.24) is 9.78 Å². The summed E-state index contributed by atoms with van der Waals surface area (Å²) in [5, 5.41) is 4.37. The van der Waals surface area contributed by atoms with Crippen molar-refractivity contribution < 1.29 is 9.47 Å². The van der Waals surface area contributed by atoms with E-state index in [4.69, 9.17) is 15.2 Å². The van der Waals surface area contributed by atoms with E-state index in [1.54, 1.807) is 20.4 Å². The number of hydrogen-bond acceptors (Lipinski definition) is 4. The second-order valence-corrected chi connectivity index (χ2v) is 5.34. The monoisotopic (exact) mass is 289 g/mol. The standard InChI is InChI=1S/C16H23N3O2/c1-10(2)19-16(14(21-5)9-18-19)15(17)12-7-6-11(3)13(8-12)20-4/h6-10,15H,17H2,1-5H3. The van der Waals surface area contributed by atoms with Crippen molar-refractivity contribution in [3.8, 4) is 11.5 Å².